The van der Waals surface area contributed by atoms with Crippen LogP contribution in [0.3, 0.4) is 0 Å². The highest BCUT2D eigenvalue weighted by Gasteiger charge is 2.28. The number of benzene rings is 3. The van der Waals surface area contributed by atoms with Gasteiger partial charge in [0.25, 0.3) is 0 Å². The summed E-state index contributed by atoms with van der Waals surface area (Å²) in [6, 6.07) is 22.8. The van der Waals surface area contributed by atoms with Crippen LogP contribution in [0.1, 0.15) is 30.5 Å². The van der Waals surface area contributed by atoms with Crippen molar-refractivity contribution in [2.24, 2.45) is 4.99 Å². The molecule has 0 saturated heterocycles. The highest BCUT2D eigenvalue weighted by molar-refractivity contribution is 7.62. The van der Waals surface area contributed by atoms with Gasteiger partial charge in [-0.25, -0.2) is 4.99 Å². The van der Waals surface area contributed by atoms with Crippen molar-refractivity contribution in [2.45, 2.75) is 20.8 Å². The van der Waals surface area contributed by atoms with Gasteiger partial charge in [-0.1, -0.05) is 48.0 Å². The van der Waals surface area contributed by atoms with Gasteiger partial charge in [0, 0.05) is 16.5 Å². The van der Waals surface area contributed by atoms with Crippen molar-refractivity contribution in [1.29, 1.82) is 0 Å². The number of hydrogen-bond acceptors (Lipinski definition) is 5. The van der Waals surface area contributed by atoms with Crippen LogP contribution in [0.5, 0.6) is 5.88 Å². The van der Waals surface area contributed by atoms with E-state index in [1.54, 1.807) is 32.0 Å². The summed E-state index contributed by atoms with van der Waals surface area (Å²) >= 11 is 0. The van der Waals surface area contributed by atoms with Gasteiger partial charge in [0.1, 0.15) is 0 Å². The number of nitrogens with one attached hydrogen (secondary N) is 1. The molecule has 0 aliphatic rings. The summed E-state index contributed by atoms with van der Waals surface area (Å²) in [5.74, 6) is -0.0143. The fourth-order valence-electron chi connectivity index (χ4n) is 3.71. The summed E-state index contributed by atoms with van der Waals surface area (Å²) in [5.41, 5.74) is 4.56. The number of aromatic nitrogens is 1. The van der Waals surface area contributed by atoms with Gasteiger partial charge >= 0.3 is 7.60 Å². The maximum absolute atomic E-state index is 13.4. The number of aryl methyl sites for hydroxylation is 1. The quantitative estimate of drug-likeness (QED) is 0.240. The predicted octanol–water partition coefficient (Wildman–Crippen LogP) is 6.24. The van der Waals surface area contributed by atoms with Gasteiger partial charge < -0.3 is 19.1 Å². The number of nitrogens with zero attached hydrogens (tertiary/aromatic N) is 1. The number of fused-ring (bicyclic) bond motifs is 1. The molecule has 0 bridgehead atoms. The molecule has 2 N–H and O–H groups in total. The number of rotatable bonds is 8. The number of aromatic hydroxyl groups is 1. The molecule has 0 saturated carbocycles. The van der Waals surface area contributed by atoms with Crippen LogP contribution >= 0.6 is 7.60 Å². The molecule has 0 amide bonds. The van der Waals surface area contributed by atoms with E-state index in [-0.39, 0.29) is 19.1 Å². The first kappa shape index (κ1) is 23.0. The van der Waals surface area contributed by atoms with Crippen LogP contribution in [0.15, 0.2) is 77.8 Å². The van der Waals surface area contributed by atoms with Crippen LogP contribution in [0.25, 0.3) is 10.9 Å². The minimum absolute atomic E-state index is 0.0143. The highest BCUT2D eigenvalue weighted by atomic mass is 31.2. The van der Waals surface area contributed by atoms with Crippen LogP contribution in [0.2, 0.25) is 0 Å². The molecule has 6 nitrogen and oxygen atoms in total. The van der Waals surface area contributed by atoms with Crippen molar-refractivity contribution in [3.8, 4) is 5.88 Å². The van der Waals surface area contributed by atoms with Crippen LogP contribution in [0, 0.1) is 6.92 Å². The van der Waals surface area contributed by atoms with Gasteiger partial charge in [0.05, 0.1) is 35.5 Å². The minimum Gasteiger partial charge on any atom is -0.494 e. The standard InChI is InChI=1S/C26H27N2O4P/c1-4-31-33(30,32-5-2)21-15-16-23-22(17-21)24(26(29)28-23)25(19-9-7-6-8-10-19)27-20-13-11-18(3)12-14-20/h6-17,28-29H,4-5H2,1-3H3. The summed E-state index contributed by atoms with van der Waals surface area (Å²) in [6.45, 7) is 6.09. The Labute approximate surface area is 193 Å². The Bertz CT molecular complexity index is 1320. The maximum Gasteiger partial charge on any atom is 0.361 e. The van der Waals surface area contributed by atoms with Gasteiger partial charge in [-0.15, -0.1) is 0 Å². The Hall–Kier alpha value is -3.18. The smallest absolute Gasteiger partial charge is 0.361 e. The fourth-order valence-corrected chi connectivity index (χ4v) is 5.31. The Morgan fingerprint density at radius 2 is 1.64 bits per heavy atom. The zero-order chi connectivity index (χ0) is 23.4. The second-order valence-corrected chi connectivity index (χ2v) is 9.60. The largest absolute Gasteiger partial charge is 0.494 e. The van der Waals surface area contributed by atoms with E-state index < -0.39 is 7.60 Å². The van der Waals surface area contributed by atoms with E-state index in [0.717, 1.165) is 16.8 Å². The molecule has 1 heterocycles. The SMILES string of the molecule is CCOP(=O)(OCC)c1ccc2[nH]c(O)c(C(=Nc3ccc(C)cc3)c3ccccc3)c2c1. The lowest BCUT2D eigenvalue weighted by atomic mass is 10.0. The molecule has 7 heteroatoms. The molecule has 33 heavy (non-hydrogen) atoms. The second-order valence-electron chi connectivity index (χ2n) is 7.57. The van der Waals surface area contributed by atoms with E-state index in [4.69, 9.17) is 14.0 Å². The third kappa shape index (κ3) is 4.79. The van der Waals surface area contributed by atoms with Crippen LogP contribution in [0.4, 0.5) is 5.69 Å². The zero-order valence-corrected chi connectivity index (χ0v) is 19.8. The molecule has 3 aromatic carbocycles. The van der Waals surface area contributed by atoms with Gasteiger partial charge in [-0.3, -0.25) is 4.57 Å². The monoisotopic (exact) mass is 462 g/mol. The number of hydrogen-bond donors (Lipinski definition) is 2. The van der Waals surface area contributed by atoms with Gasteiger partial charge in [-0.05, 0) is 51.1 Å². The van der Waals surface area contributed by atoms with Crippen molar-refractivity contribution >= 4 is 35.2 Å². The fraction of sp³-hybridized carbons (Fsp3) is 0.192. The highest BCUT2D eigenvalue weighted by Crippen LogP contribution is 2.47. The summed E-state index contributed by atoms with van der Waals surface area (Å²) < 4.78 is 24.5. The number of aliphatic imine (C=N–C) groups is 1. The lowest BCUT2D eigenvalue weighted by molar-refractivity contribution is 0.230. The predicted molar refractivity (Wildman–Crippen MR) is 133 cm³/mol. The molecule has 0 spiro atoms. The van der Waals surface area contributed by atoms with E-state index >= 15 is 0 Å². The Morgan fingerprint density at radius 3 is 2.27 bits per heavy atom. The van der Waals surface area contributed by atoms with E-state index in [1.165, 1.54) is 0 Å². The molecule has 4 aromatic rings. The molecule has 1 aromatic heterocycles. The van der Waals surface area contributed by atoms with Crippen LogP contribution < -0.4 is 5.30 Å². The Balaban J connectivity index is 1.95. The first-order valence-electron chi connectivity index (χ1n) is 10.9. The van der Waals surface area contributed by atoms with Crippen molar-refractivity contribution in [1.82, 2.24) is 4.98 Å². The van der Waals surface area contributed by atoms with Crippen molar-refractivity contribution in [2.75, 3.05) is 13.2 Å². The van der Waals surface area contributed by atoms with Gasteiger partial charge in [-0.2, -0.15) is 0 Å². The first-order chi connectivity index (χ1) is 15.9. The molecule has 0 radical (unpaired) electrons. The number of aromatic amines is 1. The average Bonchev–Trinajstić information content (AvgIpc) is 3.14. The lowest BCUT2D eigenvalue weighted by Crippen LogP contribution is -2.11. The minimum atomic E-state index is -3.50. The van der Waals surface area contributed by atoms with Crippen LogP contribution in [-0.4, -0.2) is 29.0 Å². The third-order valence-electron chi connectivity index (χ3n) is 5.24. The molecule has 0 aliphatic carbocycles. The first-order valence-corrected chi connectivity index (χ1v) is 12.4. The Kier molecular flexibility index (Phi) is 6.80. The van der Waals surface area contributed by atoms with Crippen molar-refractivity contribution in [3.63, 3.8) is 0 Å². The Morgan fingerprint density at radius 1 is 0.970 bits per heavy atom. The van der Waals surface area contributed by atoms with E-state index in [2.05, 4.69) is 4.98 Å². The molecular formula is C26H27N2O4P. The number of H-pyrrole nitrogens is 1. The van der Waals surface area contributed by atoms with Gasteiger partial charge in [0.15, 0.2) is 5.88 Å². The van der Waals surface area contributed by atoms with E-state index in [9.17, 15) is 9.67 Å². The molecule has 0 unspecified atom stereocenters. The topological polar surface area (TPSA) is 83.9 Å². The summed E-state index contributed by atoms with van der Waals surface area (Å²) in [5, 5.41) is 12.0. The average molecular weight is 462 g/mol. The maximum atomic E-state index is 13.4. The molecular weight excluding hydrogens is 435 g/mol. The van der Waals surface area contributed by atoms with E-state index in [0.29, 0.717) is 27.5 Å². The molecule has 0 atom stereocenters. The zero-order valence-electron chi connectivity index (χ0n) is 18.9. The third-order valence-corrected chi connectivity index (χ3v) is 7.34. The lowest BCUT2D eigenvalue weighted by Gasteiger charge is -2.17. The summed E-state index contributed by atoms with van der Waals surface area (Å²) in [7, 11) is -3.50. The van der Waals surface area contributed by atoms with Crippen LogP contribution in [-0.2, 0) is 13.6 Å². The molecule has 4 rings (SSSR count). The molecule has 170 valence electrons. The van der Waals surface area contributed by atoms with Crippen molar-refractivity contribution in [3.05, 3.63) is 89.5 Å². The van der Waals surface area contributed by atoms with Gasteiger partial charge in [0.2, 0.25) is 0 Å². The van der Waals surface area contributed by atoms with Crippen molar-refractivity contribution < 1.29 is 18.7 Å². The van der Waals surface area contributed by atoms with E-state index in [1.807, 2.05) is 61.5 Å². The summed E-state index contributed by atoms with van der Waals surface area (Å²) in [6.07, 6.45) is 0. The molecule has 0 fully saturated rings. The summed E-state index contributed by atoms with van der Waals surface area (Å²) in [4.78, 5) is 7.91. The molecule has 0 aliphatic heterocycles. The normalized spacial score (nSPS) is 12.4. The second kappa shape index (κ2) is 9.75.